The average Bonchev–Trinajstić information content (AvgIpc) is 2.44. The second-order valence-electron chi connectivity index (χ2n) is 5.69. The SMILES string of the molecule is Cc1ccc(O[C@H]2c3ccccc3CCC2C)c(F)c1. The van der Waals surface area contributed by atoms with Crippen molar-refractivity contribution in [2.24, 2.45) is 5.92 Å². The lowest BCUT2D eigenvalue weighted by atomic mass is 9.82. The summed E-state index contributed by atoms with van der Waals surface area (Å²) in [5, 5.41) is 0. The zero-order valence-electron chi connectivity index (χ0n) is 11.9. The van der Waals surface area contributed by atoms with E-state index < -0.39 is 0 Å². The van der Waals surface area contributed by atoms with Crippen LogP contribution in [0.5, 0.6) is 5.75 Å². The summed E-state index contributed by atoms with van der Waals surface area (Å²) in [6, 6.07) is 13.5. The third kappa shape index (κ3) is 2.43. The highest BCUT2D eigenvalue weighted by Crippen LogP contribution is 2.38. The van der Waals surface area contributed by atoms with Crippen molar-refractivity contribution in [3.8, 4) is 5.75 Å². The van der Waals surface area contributed by atoms with Gasteiger partial charge in [0.15, 0.2) is 11.6 Å². The molecule has 0 spiro atoms. The highest BCUT2D eigenvalue weighted by Gasteiger charge is 2.28. The van der Waals surface area contributed by atoms with Crippen molar-refractivity contribution in [3.63, 3.8) is 0 Å². The molecule has 2 aromatic rings. The van der Waals surface area contributed by atoms with Crippen molar-refractivity contribution in [1.29, 1.82) is 0 Å². The largest absolute Gasteiger partial charge is 0.482 e. The molecule has 0 bridgehead atoms. The first-order chi connectivity index (χ1) is 9.65. The highest BCUT2D eigenvalue weighted by atomic mass is 19.1. The summed E-state index contributed by atoms with van der Waals surface area (Å²) < 4.78 is 20.0. The first-order valence-electron chi connectivity index (χ1n) is 7.16. The second-order valence-corrected chi connectivity index (χ2v) is 5.69. The molecule has 0 N–H and O–H groups in total. The number of hydrogen-bond donors (Lipinski definition) is 0. The molecule has 104 valence electrons. The summed E-state index contributed by atoms with van der Waals surface area (Å²) in [6.07, 6.45) is 2.10. The summed E-state index contributed by atoms with van der Waals surface area (Å²) in [5.41, 5.74) is 3.43. The van der Waals surface area contributed by atoms with Gasteiger partial charge >= 0.3 is 0 Å². The summed E-state index contributed by atoms with van der Waals surface area (Å²) >= 11 is 0. The Balaban J connectivity index is 1.93. The zero-order valence-corrected chi connectivity index (χ0v) is 11.9. The number of hydrogen-bond acceptors (Lipinski definition) is 1. The summed E-state index contributed by atoms with van der Waals surface area (Å²) in [7, 11) is 0. The number of ether oxygens (including phenoxy) is 1. The van der Waals surface area contributed by atoms with Gasteiger partial charge in [-0.25, -0.2) is 4.39 Å². The quantitative estimate of drug-likeness (QED) is 0.759. The topological polar surface area (TPSA) is 9.23 Å². The second kappa shape index (κ2) is 5.28. The zero-order chi connectivity index (χ0) is 14.1. The predicted molar refractivity (Wildman–Crippen MR) is 78.4 cm³/mol. The summed E-state index contributed by atoms with van der Waals surface area (Å²) in [4.78, 5) is 0. The van der Waals surface area contributed by atoms with E-state index in [-0.39, 0.29) is 11.9 Å². The number of fused-ring (bicyclic) bond motifs is 1. The summed E-state index contributed by atoms with van der Waals surface area (Å²) in [5.74, 6) is 0.468. The standard InChI is InChI=1S/C18H19FO/c1-12-7-10-17(16(19)11-12)20-18-13(2)8-9-14-5-3-4-6-15(14)18/h3-7,10-11,13,18H,8-9H2,1-2H3/t13?,18-/m1/s1. The van der Waals surface area contributed by atoms with Crippen molar-refractivity contribution in [2.45, 2.75) is 32.8 Å². The minimum absolute atomic E-state index is 0.0582. The van der Waals surface area contributed by atoms with Crippen LogP contribution < -0.4 is 4.74 Å². The van der Waals surface area contributed by atoms with Gasteiger partial charge in [0, 0.05) is 0 Å². The predicted octanol–water partition coefficient (Wildman–Crippen LogP) is 4.84. The summed E-state index contributed by atoms with van der Waals surface area (Å²) in [6.45, 7) is 4.05. The maximum absolute atomic E-state index is 14.0. The van der Waals surface area contributed by atoms with Gasteiger partial charge in [0.2, 0.25) is 0 Å². The molecule has 0 radical (unpaired) electrons. The fourth-order valence-electron chi connectivity index (χ4n) is 2.90. The van der Waals surface area contributed by atoms with Crippen LogP contribution in [0.1, 0.15) is 36.1 Å². The van der Waals surface area contributed by atoms with Gasteiger partial charge in [-0.05, 0) is 54.5 Å². The Labute approximate surface area is 119 Å². The molecule has 1 nitrogen and oxygen atoms in total. The van der Waals surface area contributed by atoms with E-state index >= 15 is 0 Å². The molecule has 0 saturated carbocycles. The molecule has 20 heavy (non-hydrogen) atoms. The Kier molecular flexibility index (Phi) is 3.47. The Bertz CT molecular complexity index is 621. The third-order valence-corrected chi connectivity index (χ3v) is 4.09. The third-order valence-electron chi connectivity index (χ3n) is 4.09. The molecule has 0 aromatic heterocycles. The Morgan fingerprint density at radius 2 is 1.95 bits per heavy atom. The molecule has 1 aliphatic carbocycles. The molecule has 1 aliphatic rings. The van der Waals surface area contributed by atoms with Crippen LogP contribution in [0.2, 0.25) is 0 Å². The Hall–Kier alpha value is -1.83. The van der Waals surface area contributed by atoms with E-state index in [0.717, 1.165) is 18.4 Å². The normalized spacial score (nSPS) is 21.4. The van der Waals surface area contributed by atoms with Gasteiger partial charge < -0.3 is 4.74 Å². The van der Waals surface area contributed by atoms with Gasteiger partial charge in [-0.3, -0.25) is 0 Å². The first kappa shape index (κ1) is 13.2. The Morgan fingerprint density at radius 3 is 2.75 bits per heavy atom. The monoisotopic (exact) mass is 270 g/mol. The molecule has 0 fully saturated rings. The van der Waals surface area contributed by atoms with Gasteiger partial charge in [0.1, 0.15) is 6.10 Å². The molecule has 0 saturated heterocycles. The lowest BCUT2D eigenvalue weighted by molar-refractivity contribution is 0.123. The molecule has 2 heteroatoms. The fraction of sp³-hybridized carbons (Fsp3) is 0.333. The number of rotatable bonds is 2. The van der Waals surface area contributed by atoms with E-state index in [9.17, 15) is 4.39 Å². The average molecular weight is 270 g/mol. The van der Waals surface area contributed by atoms with Crippen LogP contribution in [-0.2, 0) is 6.42 Å². The highest BCUT2D eigenvalue weighted by molar-refractivity contribution is 5.34. The molecule has 0 amide bonds. The minimum atomic E-state index is -0.278. The van der Waals surface area contributed by atoms with Gasteiger partial charge in [-0.2, -0.15) is 0 Å². The number of aryl methyl sites for hydroxylation is 2. The molecule has 3 rings (SSSR count). The minimum Gasteiger partial charge on any atom is -0.482 e. The Morgan fingerprint density at radius 1 is 1.15 bits per heavy atom. The van der Waals surface area contributed by atoms with Crippen LogP contribution in [0.15, 0.2) is 42.5 Å². The smallest absolute Gasteiger partial charge is 0.165 e. The first-order valence-corrected chi connectivity index (χ1v) is 7.16. The molecule has 1 unspecified atom stereocenters. The van der Waals surface area contributed by atoms with Crippen molar-refractivity contribution in [3.05, 3.63) is 65.0 Å². The fourth-order valence-corrected chi connectivity index (χ4v) is 2.90. The lowest BCUT2D eigenvalue weighted by Gasteiger charge is -2.31. The molecule has 0 aliphatic heterocycles. The maximum Gasteiger partial charge on any atom is 0.165 e. The molecule has 0 heterocycles. The number of benzene rings is 2. The van der Waals surface area contributed by atoms with E-state index in [1.165, 1.54) is 17.2 Å². The van der Waals surface area contributed by atoms with Crippen LogP contribution in [0.4, 0.5) is 4.39 Å². The van der Waals surface area contributed by atoms with E-state index in [2.05, 4.69) is 25.1 Å². The lowest BCUT2D eigenvalue weighted by Crippen LogP contribution is -2.23. The maximum atomic E-state index is 14.0. The van der Waals surface area contributed by atoms with Crippen molar-refractivity contribution >= 4 is 0 Å². The number of halogens is 1. The van der Waals surface area contributed by atoms with E-state index in [1.54, 1.807) is 6.07 Å². The van der Waals surface area contributed by atoms with Crippen molar-refractivity contribution in [2.75, 3.05) is 0 Å². The molecular formula is C18H19FO. The van der Waals surface area contributed by atoms with Gasteiger partial charge in [-0.1, -0.05) is 37.3 Å². The van der Waals surface area contributed by atoms with E-state index in [0.29, 0.717) is 11.7 Å². The van der Waals surface area contributed by atoms with E-state index in [4.69, 9.17) is 4.74 Å². The van der Waals surface area contributed by atoms with E-state index in [1.807, 2.05) is 19.1 Å². The van der Waals surface area contributed by atoms with Crippen LogP contribution in [0.25, 0.3) is 0 Å². The van der Waals surface area contributed by atoms with Crippen molar-refractivity contribution in [1.82, 2.24) is 0 Å². The van der Waals surface area contributed by atoms with Crippen LogP contribution in [0, 0.1) is 18.7 Å². The molecular weight excluding hydrogens is 251 g/mol. The van der Waals surface area contributed by atoms with Gasteiger partial charge in [-0.15, -0.1) is 0 Å². The van der Waals surface area contributed by atoms with Gasteiger partial charge in [0.05, 0.1) is 0 Å². The molecule has 2 atom stereocenters. The van der Waals surface area contributed by atoms with Crippen LogP contribution >= 0.6 is 0 Å². The molecule has 2 aromatic carbocycles. The van der Waals surface area contributed by atoms with Gasteiger partial charge in [0.25, 0.3) is 0 Å². The van der Waals surface area contributed by atoms with Crippen LogP contribution in [0.3, 0.4) is 0 Å². The van der Waals surface area contributed by atoms with Crippen molar-refractivity contribution < 1.29 is 9.13 Å². The van der Waals surface area contributed by atoms with Crippen LogP contribution in [-0.4, -0.2) is 0 Å².